The first kappa shape index (κ1) is 10.3. The molecule has 5 nitrogen and oxygen atoms in total. The molecular weight excluding hydrogens is 194 g/mol. The van der Waals surface area contributed by atoms with Crippen LogP contribution in [0.3, 0.4) is 0 Å². The molecule has 1 atom stereocenters. The van der Waals surface area contributed by atoms with Gasteiger partial charge in [-0.1, -0.05) is 0 Å². The number of aryl methyl sites for hydroxylation is 1. The maximum Gasteiger partial charge on any atom is 0.132 e. The third kappa shape index (κ3) is 2.24. The van der Waals surface area contributed by atoms with Crippen molar-refractivity contribution in [3.8, 4) is 0 Å². The summed E-state index contributed by atoms with van der Waals surface area (Å²) in [5, 5.41) is 20.9. The highest BCUT2D eigenvalue weighted by molar-refractivity contribution is 5.47. The highest BCUT2D eigenvalue weighted by Crippen LogP contribution is 2.24. The van der Waals surface area contributed by atoms with E-state index in [1.807, 2.05) is 0 Å². The SMILES string of the molecule is OC[C@H](O)CNc1ncnc2c1CCC2. The van der Waals surface area contributed by atoms with Gasteiger partial charge in [-0.3, -0.25) is 0 Å². The Morgan fingerprint density at radius 2 is 2.27 bits per heavy atom. The zero-order valence-corrected chi connectivity index (χ0v) is 8.48. The topological polar surface area (TPSA) is 78.3 Å². The van der Waals surface area contributed by atoms with E-state index >= 15 is 0 Å². The molecule has 0 saturated carbocycles. The monoisotopic (exact) mass is 209 g/mol. The largest absolute Gasteiger partial charge is 0.394 e. The lowest BCUT2D eigenvalue weighted by Crippen LogP contribution is -2.24. The van der Waals surface area contributed by atoms with Crippen LogP contribution in [0.4, 0.5) is 5.82 Å². The maximum atomic E-state index is 9.21. The highest BCUT2D eigenvalue weighted by Gasteiger charge is 2.17. The fraction of sp³-hybridized carbons (Fsp3) is 0.600. The predicted octanol–water partition coefficient (Wildman–Crippen LogP) is -0.270. The molecular formula is C10H15N3O2. The Labute approximate surface area is 88.2 Å². The average Bonchev–Trinajstić information content (AvgIpc) is 2.74. The molecule has 15 heavy (non-hydrogen) atoms. The lowest BCUT2D eigenvalue weighted by atomic mass is 10.2. The van der Waals surface area contributed by atoms with E-state index in [1.165, 1.54) is 6.33 Å². The molecule has 0 unspecified atom stereocenters. The Balaban J connectivity index is 2.06. The van der Waals surface area contributed by atoms with Crippen LogP contribution in [0.2, 0.25) is 0 Å². The summed E-state index contributed by atoms with van der Waals surface area (Å²) in [6, 6.07) is 0. The van der Waals surface area contributed by atoms with Gasteiger partial charge in [-0.15, -0.1) is 0 Å². The normalized spacial score (nSPS) is 16.1. The quantitative estimate of drug-likeness (QED) is 0.636. The smallest absolute Gasteiger partial charge is 0.132 e. The Kier molecular flexibility index (Phi) is 3.13. The van der Waals surface area contributed by atoms with Gasteiger partial charge in [-0.05, 0) is 19.3 Å². The van der Waals surface area contributed by atoms with E-state index < -0.39 is 6.10 Å². The number of nitrogens with one attached hydrogen (secondary N) is 1. The molecule has 1 aliphatic rings. The summed E-state index contributed by atoms with van der Waals surface area (Å²) >= 11 is 0. The summed E-state index contributed by atoms with van der Waals surface area (Å²) in [5.74, 6) is 0.796. The van der Waals surface area contributed by atoms with Gasteiger partial charge in [0.15, 0.2) is 0 Å². The van der Waals surface area contributed by atoms with Crippen LogP contribution in [0.1, 0.15) is 17.7 Å². The molecule has 0 amide bonds. The third-order valence-corrected chi connectivity index (χ3v) is 2.59. The zero-order valence-electron chi connectivity index (χ0n) is 8.48. The zero-order chi connectivity index (χ0) is 10.7. The summed E-state index contributed by atoms with van der Waals surface area (Å²) in [5.41, 5.74) is 2.26. The molecule has 1 heterocycles. The van der Waals surface area contributed by atoms with E-state index in [2.05, 4.69) is 15.3 Å². The molecule has 1 aromatic heterocycles. The number of rotatable bonds is 4. The molecule has 0 fully saturated rings. The number of aromatic nitrogens is 2. The molecule has 0 spiro atoms. The number of anilines is 1. The van der Waals surface area contributed by atoms with Gasteiger partial charge in [0.05, 0.1) is 12.7 Å². The molecule has 1 aliphatic carbocycles. The molecule has 0 saturated heterocycles. The van der Waals surface area contributed by atoms with Crippen LogP contribution >= 0.6 is 0 Å². The van der Waals surface area contributed by atoms with E-state index in [9.17, 15) is 5.11 Å². The molecule has 0 bridgehead atoms. The maximum absolute atomic E-state index is 9.21. The number of hydrogen-bond donors (Lipinski definition) is 3. The van der Waals surface area contributed by atoms with Gasteiger partial charge >= 0.3 is 0 Å². The molecule has 0 aliphatic heterocycles. The minimum absolute atomic E-state index is 0.236. The van der Waals surface area contributed by atoms with Gasteiger partial charge in [-0.2, -0.15) is 0 Å². The molecule has 3 N–H and O–H groups in total. The summed E-state index contributed by atoms with van der Waals surface area (Å²) in [6.45, 7) is 0.0836. The van der Waals surface area contributed by atoms with E-state index in [0.29, 0.717) is 6.54 Å². The molecule has 1 aromatic rings. The Hall–Kier alpha value is -1.20. The standard InChI is InChI=1S/C10H15N3O2/c14-5-7(15)4-11-10-8-2-1-3-9(8)12-6-13-10/h6-7,14-15H,1-5H2,(H,11,12,13)/t7-/m1/s1. The molecule has 0 aromatic carbocycles. The molecule has 5 heteroatoms. The van der Waals surface area contributed by atoms with Crippen molar-refractivity contribution >= 4 is 5.82 Å². The van der Waals surface area contributed by atoms with Crippen LogP contribution in [-0.2, 0) is 12.8 Å². The predicted molar refractivity (Wildman–Crippen MR) is 55.6 cm³/mol. The summed E-state index contributed by atoms with van der Waals surface area (Å²) in [4.78, 5) is 8.35. The Bertz CT molecular complexity index is 343. The van der Waals surface area contributed by atoms with Crippen LogP contribution in [0, 0.1) is 0 Å². The van der Waals surface area contributed by atoms with Crippen molar-refractivity contribution in [1.82, 2.24) is 9.97 Å². The highest BCUT2D eigenvalue weighted by atomic mass is 16.3. The van der Waals surface area contributed by atoms with Gasteiger partial charge in [0, 0.05) is 17.8 Å². The first-order chi connectivity index (χ1) is 7.31. The van der Waals surface area contributed by atoms with Gasteiger partial charge in [-0.25, -0.2) is 9.97 Å². The fourth-order valence-electron chi connectivity index (χ4n) is 1.79. The van der Waals surface area contributed by atoms with E-state index in [1.54, 1.807) is 0 Å². The number of hydrogen-bond acceptors (Lipinski definition) is 5. The van der Waals surface area contributed by atoms with Gasteiger partial charge < -0.3 is 15.5 Å². The minimum Gasteiger partial charge on any atom is -0.394 e. The van der Waals surface area contributed by atoms with E-state index in [4.69, 9.17) is 5.11 Å². The number of aliphatic hydroxyl groups is 2. The Morgan fingerprint density at radius 1 is 1.40 bits per heavy atom. The molecule has 2 rings (SSSR count). The van der Waals surface area contributed by atoms with Crippen LogP contribution in [0.25, 0.3) is 0 Å². The van der Waals surface area contributed by atoms with Crippen LogP contribution < -0.4 is 5.32 Å². The van der Waals surface area contributed by atoms with Gasteiger partial charge in [0.25, 0.3) is 0 Å². The third-order valence-electron chi connectivity index (χ3n) is 2.59. The molecule has 0 radical (unpaired) electrons. The first-order valence-corrected chi connectivity index (χ1v) is 5.17. The lowest BCUT2D eigenvalue weighted by Gasteiger charge is -2.11. The van der Waals surface area contributed by atoms with Crippen molar-refractivity contribution in [3.05, 3.63) is 17.6 Å². The average molecular weight is 209 g/mol. The van der Waals surface area contributed by atoms with Crippen molar-refractivity contribution in [2.45, 2.75) is 25.4 Å². The minimum atomic E-state index is -0.739. The fourth-order valence-corrected chi connectivity index (χ4v) is 1.79. The van der Waals surface area contributed by atoms with Crippen molar-refractivity contribution in [3.63, 3.8) is 0 Å². The number of fused-ring (bicyclic) bond motifs is 1. The van der Waals surface area contributed by atoms with Crippen molar-refractivity contribution < 1.29 is 10.2 Å². The second kappa shape index (κ2) is 4.55. The second-order valence-electron chi connectivity index (χ2n) is 3.72. The number of aliphatic hydroxyl groups excluding tert-OH is 2. The van der Waals surface area contributed by atoms with Crippen molar-refractivity contribution in [2.75, 3.05) is 18.5 Å². The summed E-state index contributed by atoms with van der Waals surface area (Å²) < 4.78 is 0. The van der Waals surface area contributed by atoms with Gasteiger partial charge in [0.1, 0.15) is 12.1 Å². The van der Waals surface area contributed by atoms with E-state index in [0.717, 1.165) is 36.3 Å². The van der Waals surface area contributed by atoms with Crippen LogP contribution in [0.15, 0.2) is 6.33 Å². The van der Waals surface area contributed by atoms with Gasteiger partial charge in [0.2, 0.25) is 0 Å². The van der Waals surface area contributed by atoms with Crippen molar-refractivity contribution in [1.29, 1.82) is 0 Å². The van der Waals surface area contributed by atoms with Crippen molar-refractivity contribution in [2.24, 2.45) is 0 Å². The molecule has 82 valence electrons. The van der Waals surface area contributed by atoms with E-state index in [-0.39, 0.29) is 6.61 Å². The van der Waals surface area contributed by atoms with Crippen LogP contribution in [0.5, 0.6) is 0 Å². The summed E-state index contributed by atoms with van der Waals surface area (Å²) in [7, 11) is 0. The van der Waals surface area contributed by atoms with Crippen LogP contribution in [-0.4, -0.2) is 39.4 Å². The lowest BCUT2D eigenvalue weighted by molar-refractivity contribution is 0.105. The Morgan fingerprint density at radius 3 is 3.07 bits per heavy atom. The number of nitrogens with zero attached hydrogens (tertiary/aromatic N) is 2. The first-order valence-electron chi connectivity index (χ1n) is 5.17. The summed E-state index contributed by atoms with van der Waals surface area (Å²) in [6.07, 6.45) is 3.92. The second-order valence-corrected chi connectivity index (χ2v) is 3.72.